The molecule has 0 spiro atoms. The summed E-state index contributed by atoms with van der Waals surface area (Å²) in [5.74, 6) is 0. The summed E-state index contributed by atoms with van der Waals surface area (Å²) >= 11 is 11.8. The van der Waals surface area contributed by atoms with Crippen molar-refractivity contribution in [3.8, 4) is 11.3 Å². The number of hydrogen-bond donors (Lipinski definition) is 1. The lowest BCUT2D eigenvalue weighted by Crippen LogP contribution is -2.04. The average Bonchev–Trinajstić information content (AvgIpc) is 2.23. The fourth-order valence-electron chi connectivity index (χ4n) is 1.18. The Balaban J connectivity index is 2.58. The molecule has 0 fully saturated rings. The Morgan fingerprint density at radius 2 is 2.07 bits per heavy atom. The maximum absolute atomic E-state index is 10.8. The Hall–Kier alpha value is -1.32. The predicted octanol–water partition coefficient (Wildman–Crippen LogP) is 2.74. The van der Waals surface area contributed by atoms with Crippen molar-refractivity contribution in [3.63, 3.8) is 0 Å². The third-order valence-corrected chi connectivity index (χ3v) is 2.44. The zero-order valence-corrected chi connectivity index (χ0v) is 9.01. The lowest BCUT2D eigenvalue weighted by Gasteiger charge is -2.02. The highest BCUT2D eigenvalue weighted by Crippen LogP contribution is 2.28. The maximum atomic E-state index is 10.8. The van der Waals surface area contributed by atoms with Crippen molar-refractivity contribution in [1.29, 1.82) is 0 Å². The van der Waals surface area contributed by atoms with E-state index >= 15 is 0 Å². The van der Waals surface area contributed by atoms with Gasteiger partial charge >= 0.3 is 0 Å². The molecule has 0 atom stereocenters. The van der Waals surface area contributed by atoms with Gasteiger partial charge in [-0.05, 0) is 18.2 Å². The molecule has 0 radical (unpaired) electrons. The highest BCUT2D eigenvalue weighted by atomic mass is 35.5. The minimum absolute atomic E-state index is 0.253. The van der Waals surface area contributed by atoms with Crippen molar-refractivity contribution in [2.75, 3.05) is 0 Å². The smallest absolute Gasteiger partial charge is 0.266 e. The lowest BCUT2D eigenvalue weighted by atomic mass is 10.1. The van der Waals surface area contributed by atoms with E-state index in [0.29, 0.717) is 21.3 Å². The van der Waals surface area contributed by atoms with E-state index in [2.05, 4.69) is 9.97 Å². The molecule has 0 unspecified atom stereocenters. The average molecular weight is 241 g/mol. The fraction of sp³-hybridized carbons (Fsp3) is 0. The van der Waals surface area contributed by atoms with Gasteiger partial charge in [-0.25, -0.2) is 4.98 Å². The van der Waals surface area contributed by atoms with Crippen molar-refractivity contribution >= 4 is 23.2 Å². The van der Waals surface area contributed by atoms with Gasteiger partial charge in [0.25, 0.3) is 5.56 Å². The number of H-pyrrole nitrogens is 1. The Bertz CT molecular complexity index is 531. The number of aromatic amines is 1. The van der Waals surface area contributed by atoms with Crippen molar-refractivity contribution in [1.82, 2.24) is 9.97 Å². The van der Waals surface area contributed by atoms with Crippen LogP contribution in [-0.2, 0) is 0 Å². The maximum Gasteiger partial charge on any atom is 0.266 e. The monoisotopic (exact) mass is 240 g/mol. The van der Waals surface area contributed by atoms with Crippen LogP contribution < -0.4 is 5.56 Å². The fourth-order valence-corrected chi connectivity index (χ4v) is 1.57. The molecule has 1 heterocycles. The molecule has 76 valence electrons. The first-order valence-electron chi connectivity index (χ1n) is 4.17. The zero-order chi connectivity index (χ0) is 10.8. The molecule has 2 rings (SSSR count). The second-order valence-electron chi connectivity index (χ2n) is 2.92. The van der Waals surface area contributed by atoms with E-state index in [4.69, 9.17) is 23.2 Å². The summed E-state index contributed by atoms with van der Waals surface area (Å²) in [6.45, 7) is 0. The van der Waals surface area contributed by atoms with E-state index in [1.54, 1.807) is 18.2 Å². The molecule has 15 heavy (non-hydrogen) atoms. The predicted molar refractivity (Wildman–Crippen MR) is 60.3 cm³/mol. The van der Waals surface area contributed by atoms with Crippen LogP contribution >= 0.6 is 23.2 Å². The van der Waals surface area contributed by atoms with Crippen LogP contribution in [-0.4, -0.2) is 9.97 Å². The molecule has 0 aliphatic heterocycles. The highest BCUT2D eigenvalue weighted by molar-refractivity contribution is 6.35. The van der Waals surface area contributed by atoms with Gasteiger partial charge in [0, 0.05) is 16.8 Å². The van der Waals surface area contributed by atoms with Crippen molar-refractivity contribution in [3.05, 3.63) is 51.0 Å². The van der Waals surface area contributed by atoms with Gasteiger partial charge in [0.15, 0.2) is 0 Å². The van der Waals surface area contributed by atoms with Crippen LogP contribution in [0.1, 0.15) is 0 Å². The summed E-state index contributed by atoms with van der Waals surface area (Å²) in [7, 11) is 0. The Kier molecular flexibility index (Phi) is 2.75. The topological polar surface area (TPSA) is 45.8 Å². The summed E-state index contributed by atoms with van der Waals surface area (Å²) in [6, 6.07) is 5.08. The number of benzene rings is 1. The number of rotatable bonds is 1. The van der Waals surface area contributed by atoms with E-state index in [0.717, 1.165) is 0 Å². The highest BCUT2D eigenvalue weighted by Gasteiger charge is 2.05. The Labute approximate surface area is 95.7 Å². The SMILES string of the molecule is O=c1cnc(-c2cc(Cl)ccc2Cl)c[nH]1. The van der Waals surface area contributed by atoms with Crippen LogP contribution in [0.2, 0.25) is 10.0 Å². The van der Waals surface area contributed by atoms with E-state index in [9.17, 15) is 4.79 Å². The molecule has 0 saturated heterocycles. The van der Waals surface area contributed by atoms with Crippen LogP contribution in [0.4, 0.5) is 0 Å². The molecule has 1 aromatic heterocycles. The Morgan fingerprint density at radius 3 is 2.73 bits per heavy atom. The van der Waals surface area contributed by atoms with Gasteiger partial charge in [0.2, 0.25) is 0 Å². The standard InChI is InChI=1S/C10H6Cl2N2O/c11-6-1-2-8(12)7(3-6)9-4-14-10(15)5-13-9/h1-5H,(H,14,15). The van der Waals surface area contributed by atoms with Gasteiger partial charge in [-0.2, -0.15) is 0 Å². The van der Waals surface area contributed by atoms with Gasteiger partial charge in [-0.3, -0.25) is 4.79 Å². The normalized spacial score (nSPS) is 10.3. The first kappa shape index (κ1) is 10.2. The van der Waals surface area contributed by atoms with Crippen LogP contribution in [0.15, 0.2) is 35.4 Å². The van der Waals surface area contributed by atoms with E-state index in [1.807, 2.05) is 0 Å². The third kappa shape index (κ3) is 2.19. The van der Waals surface area contributed by atoms with E-state index in [-0.39, 0.29) is 5.56 Å². The molecule has 0 aliphatic carbocycles. The number of halogens is 2. The van der Waals surface area contributed by atoms with Gasteiger partial charge in [0.05, 0.1) is 16.9 Å². The van der Waals surface area contributed by atoms with E-state index in [1.165, 1.54) is 12.4 Å². The number of nitrogens with zero attached hydrogens (tertiary/aromatic N) is 1. The molecule has 3 nitrogen and oxygen atoms in total. The molecule has 1 N–H and O–H groups in total. The molecule has 0 aliphatic rings. The summed E-state index contributed by atoms with van der Waals surface area (Å²) in [6.07, 6.45) is 2.70. The first-order valence-corrected chi connectivity index (χ1v) is 4.92. The number of hydrogen-bond acceptors (Lipinski definition) is 2. The van der Waals surface area contributed by atoms with Crippen LogP contribution in [0.25, 0.3) is 11.3 Å². The number of aromatic nitrogens is 2. The van der Waals surface area contributed by atoms with Gasteiger partial charge in [0.1, 0.15) is 0 Å². The molecule has 5 heteroatoms. The van der Waals surface area contributed by atoms with Gasteiger partial charge < -0.3 is 4.98 Å². The van der Waals surface area contributed by atoms with Gasteiger partial charge in [-0.15, -0.1) is 0 Å². The summed E-state index contributed by atoms with van der Waals surface area (Å²) < 4.78 is 0. The quantitative estimate of drug-likeness (QED) is 0.834. The summed E-state index contributed by atoms with van der Waals surface area (Å²) in [5, 5.41) is 1.11. The first-order chi connectivity index (χ1) is 7.16. The molecule has 0 saturated carbocycles. The van der Waals surface area contributed by atoms with Crippen LogP contribution in [0.5, 0.6) is 0 Å². The molecular weight excluding hydrogens is 235 g/mol. The molecular formula is C10H6Cl2N2O. The largest absolute Gasteiger partial charge is 0.326 e. The Morgan fingerprint density at radius 1 is 1.27 bits per heavy atom. The van der Waals surface area contributed by atoms with Crippen molar-refractivity contribution in [2.45, 2.75) is 0 Å². The molecule has 1 aromatic carbocycles. The van der Waals surface area contributed by atoms with E-state index < -0.39 is 0 Å². The van der Waals surface area contributed by atoms with Crippen LogP contribution in [0.3, 0.4) is 0 Å². The zero-order valence-electron chi connectivity index (χ0n) is 7.50. The third-order valence-electron chi connectivity index (χ3n) is 1.88. The number of nitrogens with one attached hydrogen (secondary N) is 1. The van der Waals surface area contributed by atoms with Gasteiger partial charge in [-0.1, -0.05) is 23.2 Å². The van der Waals surface area contributed by atoms with Crippen LogP contribution in [0, 0.1) is 0 Å². The second kappa shape index (κ2) is 4.04. The van der Waals surface area contributed by atoms with Crippen molar-refractivity contribution in [2.24, 2.45) is 0 Å². The van der Waals surface area contributed by atoms with Crippen molar-refractivity contribution < 1.29 is 0 Å². The lowest BCUT2D eigenvalue weighted by molar-refractivity contribution is 1.14. The minimum atomic E-state index is -0.253. The summed E-state index contributed by atoms with van der Waals surface area (Å²) in [4.78, 5) is 17.3. The molecule has 0 bridgehead atoms. The molecule has 2 aromatic rings. The minimum Gasteiger partial charge on any atom is -0.326 e. The molecule has 0 amide bonds. The second-order valence-corrected chi connectivity index (χ2v) is 3.76. The summed E-state index contributed by atoms with van der Waals surface area (Å²) in [5.41, 5.74) is 1.03.